The smallest absolute Gasteiger partial charge is 0.0963 e. The molecule has 2 fully saturated rings. The molecule has 2 heteroatoms. The van der Waals surface area contributed by atoms with Crippen molar-refractivity contribution in [3.05, 3.63) is 0 Å². The van der Waals surface area contributed by atoms with Crippen molar-refractivity contribution < 1.29 is 10.2 Å². The van der Waals surface area contributed by atoms with Crippen LogP contribution >= 0.6 is 0 Å². The Balaban J connectivity index is 2.62. The van der Waals surface area contributed by atoms with Crippen LogP contribution in [0.3, 0.4) is 0 Å². The highest BCUT2D eigenvalue weighted by Crippen LogP contribution is 2.72. The Labute approximate surface area is 86.3 Å². The summed E-state index contributed by atoms with van der Waals surface area (Å²) in [4.78, 5) is 0. The predicted octanol–water partition coefficient (Wildman–Crippen LogP) is 1.94. The quantitative estimate of drug-likeness (QED) is 0.624. The van der Waals surface area contributed by atoms with Crippen molar-refractivity contribution in [2.24, 2.45) is 16.7 Å². The van der Waals surface area contributed by atoms with Gasteiger partial charge in [-0.1, -0.05) is 20.8 Å². The first-order valence-electron chi connectivity index (χ1n) is 5.54. The van der Waals surface area contributed by atoms with Crippen LogP contribution in [0.25, 0.3) is 0 Å². The van der Waals surface area contributed by atoms with Gasteiger partial charge in [-0.3, -0.25) is 0 Å². The molecule has 0 spiro atoms. The lowest BCUT2D eigenvalue weighted by molar-refractivity contribution is -0.186. The maximum Gasteiger partial charge on any atom is 0.0963 e. The van der Waals surface area contributed by atoms with E-state index in [2.05, 4.69) is 20.8 Å². The molecule has 14 heavy (non-hydrogen) atoms. The first-order valence-corrected chi connectivity index (χ1v) is 5.54. The Kier molecular flexibility index (Phi) is 1.64. The lowest BCUT2D eigenvalue weighted by Gasteiger charge is -2.47. The van der Waals surface area contributed by atoms with Gasteiger partial charge >= 0.3 is 0 Å². The highest BCUT2D eigenvalue weighted by molar-refractivity contribution is 5.25. The molecule has 0 radical (unpaired) electrons. The van der Waals surface area contributed by atoms with Crippen molar-refractivity contribution in [3.63, 3.8) is 0 Å². The van der Waals surface area contributed by atoms with Crippen LogP contribution in [0.15, 0.2) is 0 Å². The first kappa shape index (κ1) is 10.4. The predicted molar refractivity (Wildman–Crippen MR) is 55.9 cm³/mol. The van der Waals surface area contributed by atoms with Gasteiger partial charge in [0, 0.05) is 5.41 Å². The first-order chi connectivity index (χ1) is 6.09. The minimum Gasteiger partial charge on any atom is -0.387 e. The maximum absolute atomic E-state index is 10.6. The zero-order chi connectivity index (χ0) is 11.0. The third-order valence-electron chi connectivity index (χ3n) is 5.96. The number of fused-ring (bicyclic) bond motifs is 2. The van der Waals surface area contributed by atoms with Crippen LogP contribution in [0, 0.1) is 16.7 Å². The molecule has 2 nitrogen and oxygen atoms in total. The molecular formula is C12H22O2. The second-order valence-electron chi connectivity index (χ2n) is 6.36. The minimum absolute atomic E-state index is 0.0278. The van der Waals surface area contributed by atoms with Crippen LogP contribution in [0.2, 0.25) is 0 Å². The second kappa shape index (κ2) is 2.19. The fraction of sp³-hybridized carbons (Fsp3) is 1.00. The van der Waals surface area contributed by atoms with Crippen molar-refractivity contribution in [2.75, 3.05) is 0 Å². The summed E-state index contributed by atoms with van der Waals surface area (Å²) in [5, 5.41) is 21.0. The van der Waals surface area contributed by atoms with E-state index >= 15 is 0 Å². The van der Waals surface area contributed by atoms with E-state index in [4.69, 9.17) is 0 Å². The fourth-order valence-electron chi connectivity index (χ4n) is 4.25. The van der Waals surface area contributed by atoms with E-state index in [9.17, 15) is 10.2 Å². The van der Waals surface area contributed by atoms with Crippen molar-refractivity contribution >= 4 is 0 Å². The van der Waals surface area contributed by atoms with Crippen LogP contribution in [-0.4, -0.2) is 21.4 Å². The molecule has 0 aromatic heterocycles. The monoisotopic (exact) mass is 198 g/mol. The summed E-state index contributed by atoms with van der Waals surface area (Å²) in [6.45, 7) is 10.1. The normalized spacial score (nSPS) is 60.6. The van der Waals surface area contributed by atoms with Gasteiger partial charge in [0.1, 0.15) is 0 Å². The molecule has 0 aliphatic heterocycles. The molecule has 2 rings (SSSR count). The SMILES string of the molecule is CC1(C)[C@@H]2CC[C@@]1(C)[C@@](C)(O)[C@@]2(C)O. The molecule has 0 amide bonds. The molecule has 2 aliphatic carbocycles. The number of hydrogen-bond acceptors (Lipinski definition) is 2. The summed E-state index contributed by atoms with van der Waals surface area (Å²) in [6, 6.07) is 0. The molecule has 82 valence electrons. The molecule has 2 aliphatic rings. The van der Waals surface area contributed by atoms with Gasteiger partial charge in [-0.05, 0) is 38.0 Å². The minimum atomic E-state index is -0.966. The zero-order valence-corrected chi connectivity index (χ0v) is 9.89. The summed E-state index contributed by atoms with van der Waals surface area (Å²) >= 11 is 0. The van der Waals surface area contributed by atoms with Crippen molar-refractivity contribution in [1.29, 1.82) is 0 Å². The van der Waals surface area contributed by atoms with E-state index in [1.54, 1.807) is 13.8 Å². The third-order valence-corrected chi connectivity index (χ3v) is 5.96. The van der Waals surface area contributed by atoms with Gasteiger partial charge in [-0.25, -0.2) is 0 Å². The van der Waals surface area contributed by atoms with Crippen molar-refractivity contribution in [3.8, 4) is 0 Å². The Hall–Kier alpha value is -0.0800. The van der Waals surface area contributed by atoms with Gasteiger partial charge in [0.15, 0.2) is 0 Å². The van der Waals surface area contributed by atoms with E-state index in [1.807, 2.05) is 0 Å². The van der Waals surface area contributed by atoms with E-state index in [0.29, 0.717) is 0 Å². The third kappa shape index (κ3) is 0.704. The van der Waals surface area contributed by atoms with Gasteiger partial charge in [0.05, 0.1) is 11.2 Å². The molecule has 2 bridgehead atoms. The zero-order valence-electron chi connectivity index (χ0n) is 9.89. The summed E-state index contributed by atoms with van der Waals surface area (Å²) in [7, 11) is 0. The van der Waals surface area contributed by atoms with Crippen LogP contribution in [0.1, 0.15) is 47.5 Å². The van der Waals surface area contributed by atoms with Crippen molar-refractivity contribution in [1.82, 2.24) is 0 Å². The molecule has 4 atom stereocenters. The van der Waals surface area contributed by atoms with Gasteiger partial charge in [0.2, 0.25) is 0 Å². The average Bonchev–Trinajstić information content (AvgIpc) is 2.26. The molecule has 0 aromatic carbocycles. The number of aliphatic hydroxyl groups is 2. The Morgan fingerprint density at radius 2 is 1.50 bits per heavy atom. The van der Waals surface area contributed by atoms with E-state index in [-0.39, 0.29) is 16.7 Å². The molecule has 0 saturated heterocycles. The topological polar surface area (TPSA) is 40.5 Å². The summed E-state index contributed by atoms with van der Waals surface area (Å²) in [6.07, 6.45) is 2.06. The Morgan fingerprint density at radius 1 is 1.00 bits per heavy atom. The van der Waals surface area contributed by atoms with Gasteiger partial charge < -0.3 is 10.2 Å². The maximum atomic E-state index is 10.6. The summed E-state index contributed by atoms with van der Waals surface area (Å²) < 4.78 is 0. The van der Waals surface area contributed by atoms with Crippen LogP contribution in [0.5, 0.6) is 0 Å². The van der Waals surface area contributed by atoms with Crippen LogP contribution < -0.4 is 0 Å². The Bertz CT molecular complexity index is 270. The van der Waals surface area contributed by atoms with Gasteiger partial charge in [-0.2, -0.15) is 0 Å². The van der Waals surface area contributed by atoms with E-state index in [1.165, 1.54) is 0 Å². The fourth-order valence-corrected chi connectivity index (χ4v) is 4.25. The second-order valence-corrected chi connectivity index (χ2v) is 6.36. The number of hydrogen-bond donors (Lipinski definition) is 2. The van der Waals surface area contributed by atoms with Gasteiger partial charge in [-0.15, -0.1) is 0 Å². The van der Waals surface area contributed by atoms with Gasteiger partial charge in [0.25, 0.3) is 0 Å². The average molecular weight is 198 g/mol. The highest BCUT2D eigenvalue weighted by atomic mass is 16.4. The molecule has 0 aromatic rings. The molecule has 2 saturated carbocycles. The molecule has 2 N–H and O–H groups in total. The molecule has 0 heterocycles. The standard InChI is InChI=1S/C12H22O2/c1-9(2)8-6-7-10(9,3)12(5,14)11(8,4)13/h8,13-14H,6-7H2,1-5H3/t8-,10+,11-,12+/m0/s1. The van der Waals surface area contributed by atoms with Crippen LogP contribution in [-0.2, 0) is 0 Å². The lowest BCUT2D eigenvalue weighted by atomic mass is 9.63. The van der Waals surface area contributed by atoms with Crippen LogP contribution in [0.4, 0.5) is 0 Å². The van der Waals surface area contributed by atoms with E-state index < -0.39 is 11.2 Å². The summed E-state index contributed by atoms with van der Waals surface area (Å²) in [5.74, 6) is 0.218. The number of rotatable bonds is 0. The molecular weight excluding hydrogens is 176 g/mol. The summed E-state index contributed by atoms with van der Waals surface area (Å²) in [5.41, 5.74) is -2.04. The largest absolute Gasteiger partial charge is 0.387 e. The highest BCUT2D eigenvalue weighted by Gasteiger charge is 2.76. The lowest BCUT2D eigenvalue weighted by Crippen LogP contribution is -2.58. The Morgan fingerprint density at radius 3 is 1.71 bits per heavy atom. The van der Waals surface area contributed by atoms with E-state index in [0.717, 1.165) is 12.8 Å². The molecule has 0 unspecified atom stereocenters. The van der Waals surface area contributed by atoms with Crippen molar-refractivity contribution in [2.45, 2.75) is 58.7 Å².